The van der Waals surface area contributed by atoms with Crippen molar-refractivity contribution in [2.75, 3.05) is 27.2 Å². The third kappa shape index (κ3) is 19.7. The van der Waals surface area contributed by atoms with E-state index in [1.165, 1.54) is 157 Å². The molecule has 216 valence electrons. The van der Waals surface area contributed by atoms with Crippen LogP contribution >= 0.6 is 0 Å². The van der Waals surface area contributed by atoms with Gasteiger partial charge in [0.15, 0.2) is 0 Å². The summed E-state index contributed by atoms with van der Waals surface area (Å²) in [7, 11) is 4.90. The molecule has 0 N–H and O–H groups in total. The number of quaternary nitrogens is 1. The number of halogens is 1. The Balaban J connectivity index is 0.00000722. The monoisotopic (exact) mass is 541 g/mol. The zero-order valence-electron chi connectivity index (χ0n) is 25.2. The summed E-state index contributed by atoms with van der Waals surface area (Å²) in [6, 6.07) is 21.9. The zero-order valence-corrected chi connectivity index (χ0v) is 25.9. The Bertz CT molecular complexity index is 679. The van der Waals surface area contributed by atoms with Gasteiger partial charge in [-0.05, 0) is 62.5 Å². The van der Waals surface area contributed by atoms with E-state index in [9.17, 15) is 0 Å². The van der Waals surface area contributed by atoms with Crippen LogP contribution in [0.2, 0.25) is 0 Å². The van der Waals surface area contributed by atoms with Crippen LogP contribution in [0.15, 0.2) is 60.7 Å². The van der Waals surface area contributed by atoms with Crippen LogP contribution in [0.3, 0.4) is 0 Å². The second-order valence-corrected chi connectivity index (χ2v) is 12.2. The van der Waals surface area contributed by atoms with Gasteiger partial charge in [0.05, 0.1) is 27.2 Å². The Morgan fingerprint density at radius 1 is 0.368 bits per heavy atom. The number of benzene rings is 2. The van der Waals surface area contributed by atoms with E-state index >= 15 is 0 Å². The molecule has 1 nitrogen and oxygen atoms in total. The first-order valence-electron chi connectivity index (χ1n) is 16.1. The first-order chi connectivity index (χ1) is 18.2. The van der Waals surface area contributed by atoms with Gasteiger partial charge in [0, 0.05) is 0 Å². The molecule has 0 aromatic heterocycles. The van der Waals surface area contributed by atoms with Gasteiger partial charge in [-0.25, -0.2) is 0 Å². The van der Waals surface area contributed by atoms with Gasteiger partial charge < -0.3 is 16.9 Å². The molecule has 2 aromatic carbocycles. The van der Waals surface area contributed by atoms with Gasteiger partial charge in [-0.15, -0.1) is 0 Å². The molecule has 0 atom stereocenters. The predicted molar refractivity (Wildman–Crippen MR) is 165 cm³/mol. The van der Waals surface area contributed by atoms with E-state index in [4.69, 9.17) is 0 Å². The van der Waals surface area contributed by atoms with Crippen molar-refractivity contribution < 1.29 is 16.9 Å². The third-order valence-electron chi connectivity index (χ3n) is 8.14. The number of hydrogen-bond acceptors (Lipinski definition) is 0. The van der Waals surface area contributed by atoms with Crippen LogP contribution in [0.25, 0.3) is 0 Å². The summed E-state index contributed by atoms with van der Waals surface area (Å²) in [5, 5.41) is 0. The lowest BCUT2D eigenvalue weighted by Crippen LogP contribution is -3.00. The maximum Gasteiger partial charge on any atom is 0.0782 e. The van der Waals surface area contributed by atoms with Crippen molar-refractivity contribution in [3.63, 3.8) is 0 Å². The molecule has 0 aliphatic rings. The lowest BCUT2D eigenvalue weighted by atomic mass is 10.0. The number of rotatable bonds is 24. The first kappa shape index (κ1) is 34.7. The van der Waals surface area contributed by atoms with E-state index < -0.39 is 0 Å². The fraction of sp³-hybridized carbons (Fsp3) is 0.667. The minimum absolute atomic E-state index is 0. The van der Waals surface area contributed by atoms with Crippen LogP contribution in [0.4, 0.5) is 0 Å². The minimum atomic E-state index is 0. The summed E-state index contributed by atoms with van der Waals surface area (Å²) in [6.07, 6.45) is 28.1. The summed E-state index contributed by atoms with van der Waals surface area (Å²) in [6.45, 7) is 2.73. The Labute approximate surface area is 243 Å². The van der Waals surface area contributed by atoms with Gasteiger partial charge in [0.1, 0.15) is 0 Å². The van der Waals surface area contributed by atoms with E-state index in [1.54, 1.807) is 0 Å². The molecule has 38 heavy (non-hydrogen) atoms. The van der Waals surface area contributed by atoms with Crippen molar-refractivity contribution in [1.82, 2.24) is 0 Å². The molecule has 0 saturated carbocycles. The van der Waals surface area contributed by atoms with Crippen LogP contribution < -0.4 is 12.4 Å². The number of nitrogens with zero attached hydrogens (tertiary/aromatic N) is 1. The molecule has 0 amide bonds. The van der Waals surface area contributed by atoms with Crippen LogP contribution in [0, 0.1) is 0 Å². The molecule has 0 aliphatic carbocycles. The van der Waals surface area contributed by atoms with Crippen LogP contribution in [0.5, 0.6) is 0 Å². The maximum absolute atomic E-state index is 2.45. The normalized spacial score (nSPS) is 11.4. The van der Waals surface area contributed by atoms with Crippen molar-refractivity contribution in [2.24, 2.45) is 0 Å². The van der Waals surface area contributed by atoms with Gasteiger partial charge in [-0.1, -0.05) is 138 Å². The van der Waals surface area contributed by atoms with Gasteiger partial charge in [0.2, 0.25) is 0 Å². The summed E-state index contributed by atoms with van der Waals surface area (Å²) >= 11 is 0. The predicted octanol–water partition coefficient (Wildman–Crippen LogP) is 7.57. The van der Waals surface area contributed by atoms with Crippen molar-refractivity contribution >= 4 is 0 Å². The minimum Gasteiger partial charge on any atom is -1.00 e. The van der Waals surface area contributed by atoms with Crippen LogP contribution in [-0.4, -0.2) is 31.7 Å². The highest BCUT2D eigenvalue weighted by Gasteiger charge is 2.13. The van der Waals surface area contributed by atoms with Crippen molar-refractivity contribution in [2.45, 2.75) is 128 Å². The fourth-order valence-corrected chi connectivity index (χ4v) is 5.61. The zero-order chi connectivity index (χ0) is 26.3. The molecule has 2 heteroatoms. The molecule has 2 aromatic rings. The van der Waals surface area contributed by atoms with Crippen molar-refractivity contribution in [3.05, 3.63) is 71.8 Å². The maximum atomic E-state index is 2.45. The largest absolute Gasteiger partial charge is 1.00 e. The smallest absolute Gasteiger partial charge is 0.0782 e. The molecule has 0 spiro atoms. The van der Waals surface area contributed by atoms with Crippen LogP contribution in [-0.2, 0) is 12.8 Å². The first-order valence-corrected chi connectivity index (χ1v) is 16.1. The molecule has 0 aliphatic heterocycles. The van der Waals surface area contributed by atoms with Gasteiger partial charge in [0.25, 0.3) is 0 Å². The molecular formula is C36H60ClN. The fourth-order valence-electron chi connectivity index (χ4n) is 5.61. The summed E-state index contributed by atoms with van der Waals surface area (Å²) in [5.41, 5.74) is 3.00. The SMILES string of the molecule is C[N+](C)(CCCCCCCCCCCc1ccccc1)CCCCCCCCCCCc1ccccc1.[Cl-]. The Kier molecular flexibility index (Phi) is 21.5. The Hall–Kier alpha value is -1.31. The summed E-state index contributed by atoms with van der Waals surface area (Å²) < 4.78 is 1.23. The third-order valence-corrected chi connectivity index (χ3v) is 8.14. The van der Waals surface area contributed by atoms with E-state index in [0.29, 0.717) is 0 Å². The highest BCUT2D eigenvalue weighted by atomic mass is 35.5. The lowest BCUT2D eigenvalue weighted by molar-refractivity contribution is -0.890. The second-order valence-electron chi connectivity index (χ2n) is 12.2. The molecule has 0 saturated heterocycles. The van der Waals surface area contributed by atoms with Gasteiger partial charge in [-0.2, -0.15) is 0 Å². The van der Waals surface area contributed by atoms with Gasteiger partial charge in [-0.3, -0.25) is 0 Å². The number of unbranched alkanes of at least 4 members (excludes halogenated alkanes) is 16. The second kappa shape index (κ2) is 23.6. The lowest BCUT2D eigenvalue weighted by Gasteiger charge is -2.30. The van der Waals surface area contributed by atoms with Crippen LogP contribution in [0.1, 0.15) is 127 Å². The van der Waals surface area contributed by atoms with Crippen molar-refractivity contribution in [1.29, 1.82) is 0 Å². The molecule has 0 fully saturated rings. The topological polar surface area (TPSA) is 0 Å². The summed E-state index contributed by atoms with van der Waals surface area (Å²) in [5.74, 6) is 0. The molecule has 0 heterocycles. The average molecular weight is 542 g/mol. The van der Waals surface area contributed by atoms with E-state index in [0.717, 1.165) is 0 Å². The van der Waals surface area contributed by atoms with Gasteiger partial charge >= 0.3 is 0 Å². The molecular weight excluding hydrogens is 482 g/mol. The Morgan fingerprint density at radius 2 is 0.632 bits per heavy atom. The number of aryl methyl sites for hydroxylation is 2. The highest BCUT2D eigenvalue weighted by Crippen LogP contribution is 2.15. The van der Waals surface area contributed by atoms with E-state index in [2.05, 4.69) is 74.8 Å². The van der Waals surface area contributed by atoms with Crippen molar-refractivity contribution in [3.8, 4) is 0 Å². The average Bonchev–Trinajstić information content (AvgIpc) is 2.91. The quantitative estimate of drug-likeness (QED) is 0.0949. The van der Waals surface area contributed by atoms with E-state index in [-0.39, 0.29) is 12.4 Å². The number of hydrogen-bond donors (Lipinski definition) is 0. The molecule has 0 radical (unpaired) electrons. The molecule has 2 rings (SSSR count). The highest BCUT2D eigenvalue weighted by molar-refractivity contribution is 5.15. The standard InChI is InChI=1S/C36H60N.ClH/c1-37(2,33-25-15-11-7-3-5-9-13-19-27-35-29-21-17-22-30-35)34-26-16-12-8-4-6-10-14-20-28-36-31-23-18-24-32-36;/h17-18,21-24,29-32H,3-16,19-20,25-28,33-34H2,1-2H3;1H/q+1;/p-1. The molecule has 0 bridgehead atoms. The Morgan fingerprint density at radius 3 is 0.947 bits per heavy atom. The van der Waals surface area contributed by atoms with E-state index in [1.807, 2.05) is 0 Å². The molecule has 0 unspecified atom stereocenters. The summed E-state index contributed by atoms with van der Waals surface area (Å²) in [4.78, 5) is 0.